The van der Waals surface area contributed by atoms with E-state index in [9.17, 15) is 0 Å². The summed E-state index contributed by atoms with van der Waals surface area (Å²) < 4.78 is 1.97. The molecule has 0 aliphatic heterocycles. The van der Waals surface area contributed by atoms with Gasteiger partial charge in [0.25, 0.3) is 0 Å². The Labute approximate surface area is 132 Å². The first-order valence-corrected chi connectivity index (χ1v) is 8.77. The second-order valence-electron chi connectivity index (χ2n) is 5.09. The number of guanidine groups is 1. The normalized spacial score (nSPS) is 13.3. The van der Waals surface area contributed by atoms with Gasteiger partial charge in [0.2, 0.25) is 0 Å². The summed E-state index contributed by atoms with van der Waals surface area (Å²) in [5.74, 6) is 2.64. The van der Waals surface area contributed by atoms with Crippen molar-refractivity contribution in [3.05, 3.63) is 11.6 Å². The largest absolute Gasteiger partial charge is 0.356 e. The van der Waals surface area contributed by atoms with Gasteiger partial charge in [-0.15, -0.1) is 10.2 Å². The van der Waals surface area contributed by atoms with E-state index in [4.69, 9.17) is 0 Å². The van der Waals surface area contributed by atoms with Crippen LogP contribution in [-0.2, 0) is 13.6 Å². The molecular weight excluding hydrogens is 284 g/mol. The van der Waals surface area contributed by atoms with Crippen molar-refractivity contribution >= 4 is 17.7 Å². The highest BCUT2D eigenvalue weighted by atomic mass is 32.2. The molecule has 6 nitrogen and oxygen atoms in total. The molecule has 0 saturated carbocycles. The summed E-state index contributed by atoms with van der Waals surface area (Å²) in [5, 5.41) is 15.5. The van der Waals surface area contributed by atoms with Crippen LogP contribution in [0.2, 0.25) is 0 Å². The van der Waals surface area contributed by atoms with Crippen molar-refractivity contribution in [1.29, 1.82) is 0 Å². The van der Waals surface area contributed by atoms with Crippen LogP contribution in [0.3, 0.4) is 0 Å². The molecule has 1 aromatic heterocycles. The fourth-order valence-corrected chi connectivity index (χ4v) is 1.87. The lowest BCUT2D eigenvalue weighted by molar-refractivity contribution is 0.713. The van der Waals surface area contributed by atoms with Crippen molar-refractivity contribution < 1.29 is 0 Å². The number of rotatable bonds is 8. The first-order chi connectivity index (χ1) is 10.1. The number of aromatic nitrogens is 3. The topological polar surface area (TPSA) is 67.1 Å². The molecule has 1 aromatic rings. The van der Waals surface area contributed by atoms with E-state index < -0.39 is 0 Å². The predicted octanol–water partition coefficient (Wildman–Crippen LogP) is 1.71. The third-order valence-corrected chi connectivity index (χ3v) is 4.31. The number of unbranched alkanes of at least 4 members (excludes halogenated alkanes) is 1. The molecule has 1 atom stereocenters. The molecule has 0 radical (unpaired) electrons. The van der Waals surface area contributed by atoms with Crippen molar-refractivity contribution in [3.63, 3.8) is 0 Å². The number of hydrogen-bond acceptors (Lipinski definition) is 4. The second kappa shape index (κ2) is 9.65. The van der Waals surface area contributed by atoms with Crippen molar-refractivity contribution in [2.24, 2.45) is 12.0 Å². The molecule has 0 bridgehead atoms. The van der Waals surface area contributed by atoms with Crippen molar-refractivity contribution in [3.8, 4) is 0 Å². The molecular formula is C14H28N6S. The SMILES string of the molecule is CCCCNC(=NCc1nnc(C)n1C)NCC(C)SC. The summed E-state index contributed by atoms with van der Waals surface area (Å²) in [6.45, 7) is 8.70. The Morgan fingerprint density at radius 2 is 2.14 bits per heavy atom. The molecule has 0 spiro atoms. The van der Waals surface area contributed by atoms with Gasteiger partial charge in [0.15, 0.2) is 11.8 Å². The minimum absolute atomic E-state index is 0.534. The van der Waals surface area contributed by atoms with E-state index in [1.54, 1.807) is 0 Å². The fourth-order valence-electron chi connectivity index (χ4n) is 1.62. The van der Waals surface area contributed by atoms with Crippen LogP contribution in [0.25, 0.3) is 0 Å². The van der Waals surface area contributed by atoms with E-state index in [2.05, 4.69) is 45.9 Å². The maximum absolute atomic E-state index is 4.61. The van der Waals surface area contributed by atoms with Gasteiger partial charge in [-0.1, -0.05) is 20.3 Å². The van der Waals surface area contributed by atoms with E-state index in [1.165, 1.54) is 6.42 Å². The number of hydrogen-bond donors (Lipinski definition) is 2. The van der Waals surface area contributed by atoms with E-state index in [0.717, 1.165) is 37.1 Å². The highest BCUT2D eigenvalue weighted by molar-refractivity contribution is 7.99. The van der Waals surface area contributed by atoms with Gasteiger partial charge in [-0.3, -0.25) is 0 Å². The number of aliphatic imine (C=N–C) groups is 1. The molecule has 0 aliphatic carbocycles. The highest BCUT2D eigenvalue weighted by Gasteiger charge is 2.06. The van der Waals surface area contributed by atoms with Gasteiger partial charge in [0.1, 0.15) is 12.4 Å². The summed E-state index contributed by atoms with van der Waals surface area (Å²) >= 11 is 1.84. The Morgan fingerprint density at radius 3 is 2.71 bits per heavy atom. The first kappa shape index (κ1) is 17.8. The molecule has 1 heterocycles. The lowest BCUT2D eigenvalue weighted by Gasteiger charge is -2.15. The molecule has 0 saturated heterocycles. The summed E-state index contributed by atoms with van der Waals surface area (Å²) in [7, 11) is 1.97. The molecule has 1 rings (SSSR count). The van der Waals surface area contributed by atoms with E-state index in [0.29, 0.717) is 11.8 Å². The molecule has 0 fully saturated rings. The summed E-state index contributed by atoms with van der Waals surface area (Å²) in [6, 6.07) is 0. The molecule has 2 N–H and O–H groups in total. The van der Waals surface area contributed by atoms with Gasteiger partial charge < -0.3 is 15.2 Å². The fraction of sp³-hybridized carbons (Fsp3) is 0.786. The monoisotopic (exact) mass is 312 g/mol. The maximum atomic E-state index is 4.61. The number of nitrogens with zero attached hydrogens (tertiary/aromatic N) is 4. The van der Waals surface area contributed by atoms with Crippen LogP contribution in [0, 0.1) is 6.92 Å². The first-order valence-electron chi connectivity index (χ1n) is 7.48. The number of nitrogens with one attached hydrogen (secondary N) is 2. The van der Waals surface area contributed by atoms with Crippen LogP contribution >= 0.6 is 11.8 Å². The van der Waals surface area contributed by atoms with Crippen molar-refractivity contribution in [2.45, 2.75) is 45.4 Å². The van der Waals surface area contributed by atoms with Gasteiger partial charge in [0, 0.05) is 25.4 Å². The number of aryl methyl sites for hydroxylation is 1. The molecule has 0 aromatic carbocycles. The highest BCUT2D eigenvalue weighted by Crippen LogP contribution is 2.03. The van der Waals surface area contributed by atoms with Crippen molar-refractivity contribution in [1.82, 2.24) is 25.4 Å². The Hall–Kier alpha value is -1.24. The van der Waals surface area contributed by atoms with Crippen LogP contribution in [0.4, 0.5) is 0 Å². The summed E-state index contributed by atoms with van der Waals surface area (Å²) in [4.78, 5) is 4.61. The van der Waals surface area contributed by atoms with Gasteiger partial charge in [-0.2, -0.15) is 11.8 Å². The smallest absolute Gasteiger partial charge is 0.191 e. The zero-order valence-electron chi connectivity index (χ0n) is 13.8. The van der Waals surface area contributed by atoms with Crippen LogP contribution in [0.5, 0.6) is 0 Å². The zero-order valence-corrected chi connectivity index (χ0v) is 14.6. The van der Waals surface area contributed by atoms with E-state index >= 15 is 0 Å². The Morgan fingerprint density at radius 1 is 1.38 bits per heavy atom. The Kier molecular flexibility index (Phi) is 8.19. The van der Waals surface area contributed by atoms with Gasteiger partial charge >= 0.3 is 0 Å². The Bertz CT molecular complexity index is 443. The zero-order chi connectivity index (χ0) is 15.7. The summed E-state index contributed by atoms with van der Waals surface area (Å²) in [6.07, 6.45) is 4.43. The average Bonchev–Trinajstić information content (AvgIpc) is 2.80. The lowest BCUT2D eigenvalue weighted by Crippen LogP contribution is -2.40. The molecule has 1 unspecified atom stereocenters. The second-order valence-corrected chi connectivity index (χ2v) is 6.37. The van der Waals surface area contributed by atoms with Gasteiger partial charge in [-0.05, 0) is 19.6 Å². The molecule has 0 aliphatic rings. The van der Waals surface area contributed by atoms with Crippen LogP contribution in [-0.4, -0.2) is 45.3 Å². The molecule has 21 heavy (non-hydrogen) atoms. The summed E-state index contributed by atoms with van der Waals surface area (Å²) in [5.41, 5.74) is 0. The average molecular weight is 312 g/mol. The van der Waals surface area contributed by atoms with E-state index in [1.807, 2.05) is 30.3 Å². The molecule has 120 valence electrons. The van der Waals surface area contributed by atoms with Crippen LogP contribution in [0.15, 0.2) is 4.99 Å². The lowest BCUT2D eigenvalue weighted by atomic mass is 10.3. The Balaban J connectivity index is 2.60. The van der Waals surface area contributed by atoms with Crippen LogP contribution < -0.4 is 10.6 Å². The van der Waals surface area contributed by atoms with E-state index in [-0.39, 0.29) is 0 Å². The third-order valence-electron chi connectivity index (χ3n) is 3.34. The maximum Gasteiger partial charge on any atom is 0.191 e. The molecule has 0 amide bonds. The minimum Gasteiger partial charge on any atom is -0.356 e. The number of thioether (sulfide) groups is 1. The van der Waals surface area contributed by atoms with Gasteiger partial charge in [-0.25, -0.2) is 4.99 Å². The quantitative estimate of drug-likeness (QED) is 0.434. The molecule has 7 heteroatoms. The predicted molar refractivity (Wildman–Crippen MR) is 90.8 cm³/mol. The van der Waals surface area contributed by atoms with Crippen LogP contribution in [0.1, 0.15) is 38.3 Å². The minimum atomic E-state index is 0.534. The third kappa shape index (κ3) is 6.37. The standard InChI is InChI=1S/C14H28N6S/c1-6-7-8-15-14(16-9-11(2)21-5)17-10-13-19-18-12(3)20(13)4/h11H,6-10H2,1-5H3,(H2,15,16,17). The van der Waals surface area contributed by atoms with Crippen molar-refractivity contribution in [2.75, 3.05) is 19.3 Å². The van der Waals surface area contributed by atoms with Gasteiger partial charge in [0.05, 0.1) is 0 Å².